The first-order valence-corrected chi connectivity index (χ1v) is 2.73. The van der Waals surface area contributed by atoms with Crippen molar-refractivity contribution in [3.05, 3.63) is 29.8 Å². The van der Waals surface area contributed by atoms with E-state index in [2.05, 4.69) is 0 Å². The molecule has 0 aliphatic carbocycles. The second-order valence-electron chi connectivity index (χ2n) is 1.82. The predicted molar refractivity (Wildman–Crippen MR) is 35.1 cm³/mol. The SMILES string of the molecule is O=C(O)c1ccccc1O.[Na+]. The third-order valence-corrected chi connectivity index (χ3v) is 1.13. The van der Waals surface area contributed by atoms with E-state index < -0.39 is 5.97 Å². The molecule has 0 heterocycles. The fourth-order valence-electron chi connectivity index (χ4n) is 0.654. The first-order chi connectivity index (χ1) is 4.72. The van der Waals surface area contributed by atoms with E-state index in [1.54, 1.807) is 12.1 Å². The number of phenols is 1. The Hall–Kier alpha value is -0.510. The third-order valence-electron chi connectivity index (χ3n) is 1.13. The van der Waals surface area contributed by atoms with Crippen molar-refractivity contribution in [2.75, 3.05) is 0 Å². The van der Waals surface area contributed by atoms with Gasteiger partial charge in [0.05, 0.1) is 0 Å². The van der Waals surface area contributed by atoms with Gasteiger partial charge in [-0.25, -0.2) is 4.79 Å². The second-order valence-corrected chi connectivity index (χ2v) is 1.82. The van der Waals surface area contributed by atoms with Crippen LogP contribution in [-0.4, -0.2) is 16.2 Å². The van der Waals surface area contributed by atoms with E-state index in [1.165, 1.54) is 12.1 Å². The first-order valence-electron chi connectivity index (χ1n) is 2.73. The third kappa shape index (κ3) is 2.54. The molecule has 0 saturated carbocycles. The molecule has 0 fully saturated rings. The van der Waals surface area contributed by atoms with E-state index in [1.807, 2.05) is 0 Å². The quantitative estimate of drug-likeness (QED) is 0.473. The predicted octanol–water partition coefficient (Wildman–Crippen LogP) is -1.91. The van der Waals surface area contributed by atoms with Crippen LogP contribution in [0.4, 0.5) is 0 Å². The molecule has 0 bridgehead atoms. The molecule has 0 spiro atoms. The zero-order valence-electron chi connectivity index (χ0n) is 6.11. The van der Waals surface area contributed by atoms with E-state index in [-0.39, 0.29) is 40.9 Å². The molecule has 0 aliphatic rings. The maximum atomic E-state index is 10.3. The molecule has 0 unspecified atom stereocenters. The molecule has 0 saturated heterocycles. The number of aromatic carboxylic acids is 1. The maximum absolute atomic E-state index is 10.3. The molecule has 3 nitrogen and oxygen atoms in total. The minimum Gasteiger partial charge on any atom is -0.507 e. The average molecular weight is 161 g/mol. The fourth-order valence-corrected chi connectivity index (χ4v) is 0.654. The number of para-hydroxylation sites is 1. The van der Waals surface area contributed by atoms with Gasteiger partial charge >= 0.3 is 35.5 Å². The average Bonchev–Trinajstić information content (AvgIpc) is 1.88. The van der Waals surface area contributed by atoms with E-state index in [9.17, 15) is 4.79 Å². The van der Waals surface area contributed by atoms with Crippen molar-refractivity contribution in [3.63, 3.8) is 0 Å². The van der Waals surface area contributed by atoms with Crippen LogP contribution in [-0.2, 0) is 0 Å². The normalized spacial score (nSPS) is 8.36. The van der Waals surface area contributed by atoms with Crippen LogP contribution < -0.4 is 29.6 Å². The van der Waals surface area contributed by atoms with Gasteiger partial charge < -0.3 is 10.2 Å². The molecule has 1 aromatic rings. The number of carboxylic acids is 1. The molecule has 0 atom stereocenters. The van der Waals surface area contributed by atoms with Crippen molar-refractivity contribution < 1.29 is 44.6 Å². The number of hydrogen-bond acceptors (Lipinski definition) is 2. The molecule has 1 rings (SSSR count). The molecular weight excluding hydrogens is 155 g/mol. The van der Waals surface area contributed by atoms with Crippen molar-refractivity contribution in [1.82, 2.24) is 0 Å². The van der Waals surface area contributed by atoms with Crippen LogP contribution in [0.15, 0.2) is 24.3 Å². The van der Waals surface area contributed by atoms with Gasteiger partial charge in [-0.2, -0.15) is 0 Å². The van der Waals surface area contributed by atoms with Crippen molar-refractivity contribution in [2.45, 2.75) is 0 Å². The Labute approximate surface area is 86.0 Å². The number of hydrogen-bond donors (Lipinski definition) is 2. The monoisotopic (exact) mass is 161 g/mol. The maximum Gasteiger partial charge on any atom is 1.00 e. The molecule has 0 amide bonds. The van der Waals surface area contributed by atoms with E-state index in [0.717, 1.165) is 0 Å². The summed E-state index contributed by atoms with van der Waals surface area (Å²) in [5.41, 5.74) is -0.0671. The minimum atomic E-state index is -1.11. The smallest absolute Gasteiger partial charge is 0.507 e. The van der Waals surface area contributed by atoms with Gasteiger partial charge in [0.25, 0.3) is 0 Å². The van der Waals surface area contributed by atoms with Gasteiger partial charge in [-0.3, -0.25) is 0 Å². The summed E-state index contributed by atoms with van der Waals surface area (Å²) in [4.78, 5) is 10.3. The van der Waals surface area contributed by atoms with Crippen LogP contribution in [0.25, 0.3) is 0 Å². The summed E-state index contributed by atoms with van der Waals surface area (Å²) in [5.74, 6) is -1.31. The number of aromatic hydroxyl groups is 1. The zero-order valence-corrected chi connectivity index (χ0v) is 8.11. The van der Waals surface area contributed by atoms with Crippen LogP contribution >= 0.6 is 0 Å². The van der Waals surface area contributed by atoms with Gasteiger partial charge in [-0.1, -0.05) is 12.1 Å². The topological polar surface area (TPSA) is 57.5 Å². The molecule has 11 heavy (non-hydrogen) atoms. The Morgan fingerprint density at radius 1 is 1.27 bits per heavy atom. The van der Waals surface area contributed by atoms with Gasteiger partial charge in [0.1, 0.15) is 11.3 Å². The van der Waals surface area contributed by atoms with Crippen LogP contribution in [0, 0.1) is 0 Å². The van der Waals surface area contributed by atoms with Gasteiger partial charge in [-0.15, -0.1) is 0 Å². The van der Waals surface area contributed by atoms with Crippen molar-refractivity contribution >= 4 is 5.97 Å². The molecule has 4 heteroatoms. The van der Waals surface area contributed by atoms with Gasteiger partial charge in [0.2, 0.25) is 0 Å². The molecule has 52 valence electrons. The minimum absolute atomic E-state index is 0. The largest absolute Gasteiger partial charge is 1.00 e. The summed E-state index contributed by atoms with van der Waals surface area (Å²) in [6.07, 6.45) is 0. The van der Waals surface area contributed by atoms with E-state index >= 15 is 0 Å². The Balaban J connectivity index is 0.000001000. The van der Waals surface area contributed by atoms with Crippen LogP contribution in [0.2, 0.25) is 0 Å². The van der Waals surface area contributed by atoms with Crippen molar-refractivity contribution in [3.8, 4) is 5.75 Å². The summed E-state index contributed by atoms with van der Waals surface area (Å²) in [5, 5.41) is 17.3. The summed E-state index contributed by atoms with van der Waals surface area (Å²) in [6.45, 7) is 0. The number of carboxylic acid groups (broad SMARTS) is 1. The number of rotatable bonds is 1. The van der Waals surface area contributed by atoms with Crippen molar-refractivity contribution in [1.29, 1.82) is 0 Å². The van der Waals surface area contributed by atoms with Crippen LogP contribution in [0.5, 0.6) is 5.75 Å². The van der Waals surface area contributed by atoms with Gasteiger partial charge in [0, 0.05) is 0 Å². The molecule has 1 aromatic carbocycles. The Bertz CT molecular complexity index is 260. The summed E-state index contributed by atoms with van der Waals surface area (Å²) in [7, 11) is 0. The molecule has 0 aliphatic heterocycles. The number of carbonyl (C=O) groups is 1. The summed E-state index contributed by atoms with van der Waals surface area (Å²) < 4.78 is 0. The first kappa shape index (κ1) is 10.5. The Morgan fingerprint density at radius 3 is 2.18 bits per heavy atom. The summed E-state index contributed by atoms with van der Waals surface area (Å²) >= 11 is 0. The van der Waals surface area contributed by atoms with Crippen LogP contribution in [0.3, 0.4) is 0 Å². The van der Waals surface area contributed by atoms with E-state index in [0.29, 0.717) is 0 Å². The molecular formula is C7H6NaO3+. The molecule has 2 N–H and O–H groups in total. The Morgan fingerprint density at radius 2 is 1.82 bits per heavy atom. The molecule has 0 radical (unpaired) electrons. The van der Waals surface area contributed by atoms with Crippen LogP contribution in [0.1, 0.15) is 10.4 Å². The van der Waals surface area contributed by atoms with E-state index in [4.69, 9.17) is 10.2 Å². The second kappa shape index (κ2) is 4.38. The summed E-state index contributed by atoms with van der Waals surface area (Å²) in [6, 6.07) is 5.81. The van der Waals surface area contributed by atoms with Gasteiger partial charge in [0.15, 0.2) is 0 Å². The fraction of sp³-hybridized carbons (Fsp3) is 0. The Kier molecular flexibility index (Phi) is 4.18. The van der Waals surface area contributed by atoms with Crippen molar-refractivity contribution in [2.24, 2.45) is 0 Å². The van der Waals surface area contributed by atoms with Gasteiger partial charge in [-0.05, 0) is 12.1 Å². The zero-order chi connectivity index (χ0) is 7.56. The molecule has 0 aromatic heterocycles. The standard InChI is InChI=1S/C7H6O3.Na/c8-6-4-2-1-3-5(6)7(9)10;/h1-4,8H,(H,9,10);/q;+1. The number of benzene rings is 1.